The third kappa shape index (κ3) is 9.37. The van der Waals surface area contributed by atoms with Gasteiger partial charge in [0.1, 0.15) is 29.9 Å². The van der Waals surface area contributed by atoms with Gasteiger partial charge >= 0.3 is 12.1 Å². The predicted molar refractivity (Wildman–Crippen MR) is 206 cm³/mol. The van der Waals surface area contributed by atoms with Crippen LogP contribution in [0.15, 0.2) is 103 Å². The van der Waals surface area contributed by atoms with Gasteiger partial charge < -0.3 is 38.7 Å². The van der Waals surface area contributed by atoms with Crippen LogP contribution in [0.2, 0.25) is 0 Å². The van der Waals surface area contributed by atoms with Gasteiger partial charge in [0.25, 0.3) is 0 Å². The lowest BCUT2D eigenvalue weighted by atomic mass is 9.94. The van der Waals surface area contributed by atoms with E-state index in [9.17, 15) is 31.5 Å². The number of aliphatic hydroxyl groups excluding tert-OH is 1. The number of methoxy groups -OCH3 is 3. The minimum absolute atomic E-state index is 0.122. The highest BCUT2D eigenvalue weighted by molar-refractivity contribution is 7.92. The van der Waals surface area contributed by atoms with Crippen molar-refractivity contribution in [3.8, 4) is 11.5 Å². The van der Waals surface area contributed by atoms with Crippen molar-refractivity contribution in [1.29, 1.82) is 0 Å². The number of anilines is 1. The molecule has 4 atom stereocenters. The molecule has 0 saturated carbocycles. The number of carbonyl (C=O) groups excluding carboxylic acids is 1. The molecule has 4 unspecified atom stereocenters. The molecule has 0 bridgehead atoms. The summed E-state index contributed by atoms with van der Waals surface area (Å²) in [6, 6.07) is 28.7. The molecule has 4 aromatic carbocycles. The number of ether oxygens (including phenoxy) is 5. The lowest BCUT2D eigenvalue weighted by Gasteiger charge is -2.39. The number of hydrogen-bond acceptors (Lipinski definition) is 9. The number of hydrogen-bond donors (Lipinski definition) is 3. The van der Waals surface area contributed by atoms with Crippen LogP contribution in [0.3, 0.4) is 0 Å². The molecule has 1 aliphatic rings. The Hall–Kier alpha value is -5.13. The molecule has 3 N–H and O–H groups in total. The van der Waals surface area contributed by atoms with Gasteiger partial charge in [0.05, 0.1) is 32.1 Å². The Balaban J connectivity index is 1.37. The topological polar surface area (TPSA) is 147 Å². The number of carbonyl (C=O) groups is 1. The quantitative estimate of drug-likeness (QED) is 0.0742. The van der Waals surface area contributed by atoms with Crippen LogP contribution in [0, 0.1) is 0 Å². The molecule has 1 aliphatic heterocycles. The summed E-state index contributed by atoms with van der Waals surface area (Å²) in [4.78, 5) is 11.4. The maximum absolute atomic E-state index is 12.8. The van der Waals surface area contributed by atoms with Crippen molar-refractivity contribution >= 4 is 32.5 Å². The highest BCUT2D eigenvalue weighted by Gasteiger charge is 2.47. The third-order valence-corrected chi connectivity index (χ3v) is 10.4. The molecule has 0 spiro atoms. The van der Waals surface area contributed by atoms with Gasteiger partial charge in [0, 0.05) is 48.5 Å². The molecular formula is C41H44F3N3O9S. The van der Waals surface area contributed by atoms with Crippen molar-refractivity contribution in [2.45, 2.75) is 55.8 Å². The number of aliphatic hydroxyl groups is 1. The Morgan fingerprint density at radius 3 is 2.09 bits per heavy atom. The number of amides is 1. The number of fused-ring (bicyclic) bond motifs is 1. The van der Waals surface area contributed by atoms with Gasteiger partial charge in [0.15, 0.2) is 0 Å². The molecule has 6 rings (SSSR count). The number of nitrogens with one attached hydrogen (secondary N) is 2. The first kappa shape index (κ1) is 41.5. The molecule has 57 heavy (non-hydrogen) atoms. The highest BCUT2D eigenvalue weighted by Crippen LogP contribution is 2.46. The summed E-state index contributed by atoms with van der Waals surface area (Å²) in [5.41, 5.74) is 3.53. The molecule has 0 radical (unpaired) electrons. The smallest absolute Gasteiger partial charge is 0.471 e. The second-order valence-electron chi connectivity index (χ2n) is 13.6. The van der Waals surface area contributed by atoms with Crippen LogP contribution in [-0.2, 0) is 41.2 Å². The molecule has 5 aromatic rings. The van der Waals surface area contributed by atoms with Crippen LogP contribution in [0.5, 0.6) is 11.5 Å². The van der Waals surface area contributed by atoms with E-state index in [1.807, 2.05) is 64.5 Å². The van der Waals surface area contributed by atoms with E-state index < -0.39 is 52.4 Å². The minimum Gasteiger partial charge on any atom is -0.497 e. The van der Waals surface area contributed by atoms with Crippen molar-refractivity contribution in [3.63, 3.8) is 0 Å². The third-order valence-electron chi connectivity index (χ3n) is 9.78. The zero-order chi connectivity index (χ0) is 41.0. The maximum atomic E-state index is 12.8. The molecule has 12 nitrogen and oxygen atoms in total. The van der Waals surface area contributed by atoms with Gasteiger partial charge in [-0.15, -0.1) is 0 Å². The monoisotopic (exact) mass is 811 g/mol. The summed E-state index contributed by atoms with van der Waals surface area (Å²) in [5, 5.41) is 14.3. The average molecular weight is 812 g/mol. The van der Waals surface area contributed by atoms with Gasteiger partial charge in [-0.2, -0.15) is 13.2 Å². The summed E-state index contributed by atoms with van der Waals surface area (Å²) < 4.78 is 97.8. The number of sulfonamides is 1. The summed E-state index contributed by atoms with van der Waals surface area (Å²) in [6.07, 6.45) is -5.39. The van der Waals surface area contributed by atoms with E-state index >= 15 is 0 Å². The number of rotatable bonds is 16. The van der Waals surface area contributed by atoms with Crippen LogP contribution in [0.25, 0.3) is 10.9 Å². The fourth-order valence-corrected chi connectivity index (χ4v) is 7.65. The van der Waals surface area contributed by atoms with Crippen LogP contribution in [0.4, 0.5) is 18.9 Å². The van der Waals surface area contributed by atoms with E-state index in [4.69, 9.17) is 23.7 Å². The summed E-state index contributed by atoms with van der Waals surface area (Å²) in [7, 11) is 1.03. The molecule has 1 fully saturated rings. The first-order valence-electron chi connectivity index (χ1n) is 18.0. The highest BCUT2D eigenvalue weighted by atomic mass is 32.2. The SMILES string of the molecule is COc1ccc(C(OC)(OC(c2ccccc2)C2OC(n3cc(CCCNC(=O)C(F)(F)F)c4cc(NS(C)(=O)=O)ccc43)CC2O)c2ccc(OC)cc2)cc1. The molecule has 1 saturated heterocycles. The first-order chi connectivity index (χ1) is 27.2. The molecule has 2 heterocycles. The molecular weight excluding hydrogens is 768 g/mol. The lowest BCUT2D eigenvalue weighted by molar-refractivity contribution is -0.257. The van der Waals surface area contributed by atoms with Crippen molar-refractivity contribution in [2.75, 3.05) is 38.9 Å². The lowest BCUT2D eigenvalue weighted by Crippen LogP contribution is -2.40. The molecule has 1 amide bonds. The Labute approximate surface area is 328 Å². The Kier molecular flexibility index (Phi) is 12.5. The minimum atomic E-state index is -5.01. The van der Waals surface area contributed by atoms with Crippen molar-refractivity contribution in [3.05, 3.63) is 126 Å². The van der Waals surface area contributed by atoms with Crippen molar-refractivity contribution in [1.82, 2.24) is 9.88 Å². The van der Waals surface area contributed by atoms with Crippen LogP contribution < -0.4 is 19.5 Å². The Bertz CT molecular complexity index is 2200. The fraction of sp³-hybridized carbons (Fsp3) is 0.341. The van der Waals surface area contributed by atoms with E-state index in [0.717, 1.165) is 6.26 Å². The number of halogens is 3. The van der Waals surface area contributed by atoms with E-state index in [-0.39, 0.29) is 31.5 Å². The molecule has 0 aliphatic carbocycles. The number of aromatic nitrogens is 1. The van der Waals surface area contributed by atoms with Crippen molar-refractivity contribution < 1.29 is 55.2 Å². The van der Waals surface area contributed by atoms with Gasteiger partial charge in [-0.3, -0.25) is 9.52 Å². The van der Waals surface area contributed by atoms with Crippen molar-refractivity contribution in [2.24, 2.45) is 0 Å². The summed E-state index contributed by atoms with van der Waals surface area (Å²) >= 11 is 0. The second kappa shape index (κ2) is 17.2. The van der Waals surface area contributed by atoms with E-state index in [1.165, 1.54) is 7.11 Å². The second-order valence-corrected chi connectivity index (χ2v) is 15.4. The van der Waals surface area contributed by atoms with Gasteiger partial charge in [-0.25, -0.2) is 8.42 Å². The number of benzene rings is 4. The predicted octanol–water partition coefficient (Wildman–Crippen LogP) is 6.60. The molecule has 16 heteroatoms. The fourth-order valence-electron chi connectivity index (χ4n) is 7.10. The maximum Gasteiger partial charge on any atom is 0.471 e. The van der Waals surface area contributed by atoms with Crippen LogP contribution >= 0.6 is 0 Å². The normalized spacial score (nSPS) is 18.0. The van der Waals surface area contributed by atoms with E-state index in [1.54, 1.807) is 62.9 Å². The number of aryl methyl sites for hydroxylation is 1. The summed E-state index contributed by atoms with van der Waals surface area (Å²) in [6.45, 7) is -0.243. The Morgan fingerprint density at radius 2 is 1.54 bits per heavy atom. The zero-order valence-corrected chi connectivity index (χ0v) is 32.5. The Morgan fingerprint density at radius 1 is 0.930 bits per heavy atom. The average Bonchev–Trinajstić information content (AvgIpc) is 3.76. The molecule has 304 valence electrons. The largest absolute Gasteiger partial charge is 0.497 e. The van der Waals surface area contributed by atoms with Crippen LogP contribution in [0.1, 0.15) is 47.4 Å². The first-order valence-corrected chi connectivity index (χ1v) is 19.9. The van der Waals surface area contributed by atoms with Crippen LogP contribution in [-0.4, -0.2) is 76.5 Å². The van der Waals surface area contributed by atoms with E-state index in [2.05, 4.69) is 4.72 Å². The van der Waals surface area contributed by atoms with Gasteiger partial charge in [-0.1, -0.05) is 30.3 Å². The van der Waals surface area contributed by atoms with E-state index in [0.29, 0.717) is 44.7 Å². The number of alkyl halides is 3. The standard InChI is InChI=1S/C41H44F3N3O9S/c1-52-31-17-12-28(13-18-31)40(54-3,29-14-19-32(53-2)20-15-29)56-37(26-9-6-5-7-10-26)38-35(48)24-36(55-38)47-25-27(11-8-22-45-39(49)41(42,43)44)33-23-30(16-21-34(33)47)46-57(4,50)51/h5-7,9-10,12-21,23,25,35-38,46,48H,8,11,22,24H2,1-4H3,(H,45,49). The summed E-state index contributed by atoms with van der Waals surface area (Å²) in [5.74, 6) is -2.31. The van der Waals surface area contributed by atoms with Gasteiger partial charge in [-0.05, 0) is 90.7 Å². The molecule has 1 aromatic heterocycles. The zero-order valence-electron chi connectivity index (χ0n) is 31.7. The van der Waals surface area contributed by atoms with Gasteiger partial charge in [0.2, 0.25) is 15.8 Å². The number of nitrogens with zero attached hydrogens (tertiary/aromatic N) is 1.